The number of benzene rings is 2. The number of carbonyl (C=O) groups excluding carboxylic acids is 2. The largest absolute Gasteiger partial charge is 0.465 e. The Kier molecular flexibility index (Phi) is 7.75. The number of halogens is 1. The molecular weight excluding hydrogens is 442 g/mol. The summed E-state index contributed by atoms with van der Waals surface area (Å²) >= 11 is 6.96. The zero-order chi connectivity index (χ0) is 22.4. The van der Waals surface area contributed by atoms with E-state index in [1.165, 1.54) is 12.1 Å². The van der Waals surface area contributed by atoms with E-state index in [0.29, 0.717) is 36.1 Å². The van der Waals surface area contributed by atoms with Gasteiger partial charge in [0.05, 0.1) is 22.2 Å². The van der Waals surface area contributed by atoms with Crippen LogP contribution < -0.4 is 4.90 Å². The topological polar surface area (TPSA) is 93.0 Å². The van der Waals surface area contributed by atoms with Crippen LogP contribution in [0, 0.1) is 10.1 Å². The van der Waals surface area contributed by atoms with Crippen molar-refractivity contribution in [3.63, 3.8) is 0 Å². The van der Waals surface area contributed by atoms with E-state index in [1.54, 1.807) is 17.9 Å². The van der Waals surface area contributed by atoms with Crippen molar-refractivity contribution in [2.24, 2.45) is 0 Å². The number of carbonyl (C=O) groups is 2. The highest BCUT2D eigenvalue weighted by Gasteiger charge is 2.25. The Morgan fingerprint density at radius 1 is 1.13 bits per heavy atom. The Bertz CT molecular complexity index is 962. The minimum atomic E-state index is -0.539. The Morgan fingerprint density at radius 3 is 2.42 bits per heavy atom. The molecule has 2 aromatic rings. The van der Waals surface area contributed by atoms with Gasteiger partial charge in [0.1, 0.15) is 0 Å². The molecule has 8 nitrogen and oxygen atoms in total. The first-order valence-electron chi connectivity index (χ1n) is 9.75. The SMILES string of the molecule is CCOC(=O)CSc1ccc(C(=O)N2CCN(c3ccc(Cl)cc3)CC2)cc1[N+](=O)[O-]. The van der Waals surface area contributed by atoms with Gasteiger partial charge in [-0.3, -0.25) is 19.7 Å². The third-order valence-corrected chi connectivity index (χ3v) is 6.10. The van der Waals surface area contributed by atoms with E-state index in [9.17, 15) is 19.7 Å². The molecule has 1 saturated heterocycles. The van der Waals surface area contributed by atoms with E-state index < -0.39 is 10.9 Å². The van der Waals surface area contributed by atoms with Gasteiger partial charge in [-0.25, -0.2) is 0 Å². The van der Waals surface area contributed by atoms with Gasteiger partial charge in [0.2, 0.25) is 0 Å². The number of hydrogen-bond acceptors (Lipinski definition) is 7. The van der Waals surface area contributed by atoms with Crippen LogP contribution in [0.1, 0.15) is 17.3 Å². The first-order valence-corrected chi connectivity index (χ1v) is 11.1. The predicted octanol–water partition coefficient (Wildman–Crippen LogP) is 3.87. The van der Waals surface area contributed by atoms with Gasteiger partial charge in [-0.2, -0.15) is 0 Å². The number of rotatable bonds is 7. The number of hydrogen-bond donors (Lipinski definition) is 0. The zero-order valence-electron chi connectivity index (χ0n) is 17.0. The lowest BCUT2D eigenvalue weighted by Gasteiger charge is -2.36. The van der Waals surface area contributed by atoms with E-state index in [0.717, 1.165) is 17.4 Å². The van der Waals surface area contributed by atoms with Crippen molar-refractivity contribution in [3.05, 3.63) is 63.2 Å². The van der Waals surface area contributed by atoms with E-state index in [2.05, 4.69) is 4.90 Å². The molecule has 0 saturated carbocycles. The van der Waals surface area contributed by atoms with Crippen LogP contribution in [0.15, 0.2) is 47.4 Å². The zero-order valence-corrected chi connectivity index (χ0v) is 18.5. The Hall–Kier alpha value is -2.78. The van der Waals surface area contributed by atoms with Crippen molar-refractivity contribution in [1.29, 1.82) is 0 Å². The molecule has 0 unspecified atom stereocenters. The monoisotopic (exact) mass is 463 g/mol. The second kappa shape index (κ2) is 10.5. The van der Waals surface area contributed by atoms with Crippen LogP contribution in [0.5, 0.6) is 0 Å². The molecule has 164 valence electrons. The molecule has 0 spiro atoms. The van der Waals surface area contributed by atoms with Crippen molar-refractivity contribution in [2.45, 2.75) is 11.8 Å². The predicted molar refractivity (Wildman–Crippen MR) is 120 cm³/mol. The van der Waals surface area contributed by atoms with Crippen molar-refractivity contribution < 1.29 is 19.2 Å². The van der Waals surface area contributed by atoms with Crippen molar-refractivity contribution in [3.8, 4) is 0 Å². The van der Waals surface area contributed by atoms with Crippen LogP contribution in [-0.2, 0) is 9.53 Å². The van der Waals surface area contributed by atoms with Gasteiger partial charge in [-0.15, -0.1) is 11.8 Å². The third-order valence-electron chi connectivity index (χ3n) is 4.81. The Morgan fingerprint density at radius 2 is 1.81 bits per heavy atom. The molecule has 0 bridgehead atoms. The summed E-state index contributed by atoms with van der Waals surface area (Å²) in [6, 6.07) is 11.9. The van der Waals surface area contributed by atoms with Crippen LogP contribution >= 0.6 is 23.4 Å². The number of nitrogens with zero attached hydrogens (tertiary/aromatic N) is 3. The number of esters is 1. The molecule has 1 aliphatic heterocycles. The molecule has 1 amide bonds. The number of nitro groups is 1. The van der Waals surface area contributed by atoms with E-state index in [-0.39, 0.29) is 29.5 Å². The lowest BCUT2D eigenvalue weighted by atomic mass is 10.1. The minimum Gasteiger partial charge on any atom is -0.465 e. The normalized spacial score (nSPS) is 13.7. The van der Waals surface area contributed by atoms with Gasteiger partial charge in [-0.05, 0) is 43.3 Å². The highest BCUT2D eigenvalue weighted by Crippen LogP contribution is 2.31. The summed E-state index contributed by atoms with van der Waals surface area (Å²) in [7, 11) is 0. The second-order valence-corrected chi connectivity index (χ2v) is 8.24. The highest BCUT2D eigenvalue weighted by atomic mass is 35.5. The Balaban J connectivity index is 1.66. The number of ether oxygens (including phenoxy) is 1. The van der Waals surface area contributed by atoms with Gasteiger partial charge in [0.15, 0.2) is 0 Å². The highest BCUT2D eigenvalue weighted by molar-refractivity contribution is 8.00. The standard InChI is InChI=1S/C21H22ClN3O5S/c1-2-30-20(26)14-31-19-8-3-15(13-18(19)25(28)29)21(27)24-11-9-23(10-12-24)17-6-4-16(22)5-7-17/h3-8,13H,2,9-12,14H2,1H3. The molecule has 0 aromatic heterocycles. The quantitative estimate of drug-likeness (QED) is 0.266. The molecule has 1 fully saturated rings. The molecule has 1 aliphatic rings. The molecule has 10 heteroatoms. The molecular formula is C21H22ClN3O5S. The summed E-state index contributed by atoms with van der Waals surface area (Å²) in [6.45, 7) is 4.27. The molecule has 0 atom stereocenters. The van der Waals surface area contributed by atoms with E-state index in [4.69, 9.17) is 16.3 Å². The van der Waals surface area contributed by atoms with Crippen LogP contribution in [0.3, 0.4) is 0 Å². The van der Waals surface area contributed by atoms with Crippen LogP contribution in [0.25, 0.3) is 0 Å². The molecule has 2 aromatic carbocycles. The first kappa shape index (κ1) is 22.9. The number of anilines is 1. The molecule has 31 heavy (non-hydrogen) atoms. The summed E-state index contributed by atoms with van der Waals surface area (Å²) in [6.07, 6.45) is 0. The summed E-state index contributed by atoms with van der Waals surface area (Å²) in [5, 5.41) is 12.2. The van der Waals surface area contributed by atoms with E-state index >= 15 is 0 Å². The van der Waals surface area contributed by atoms with Crippen molar-refractivity contribution >= 4 is 46.6 Å². The fraction of sp³-hybridized carbons (Fsp3) is 0.333. The molecule has 3 rings (SSSR count). The summed E-state index contributed by atoms with van der Waals surface area (Å²) in [4.78, 5) is 39.6. The fourth-order valence-electron chi connectivity index (χ4n) is 3.26. The molecule has 1 heterocycles. The Labute approximate surface area is 189 Å². The van der Waals surface area contributed by atoms with Gasteiger partial charge >= 0.3 is 5.97 Å². The minimum absolute atomic E-state index is 0.0331. The van der Waals surface area contributed by atoms with Crippen LogP contribution in [0.2, 0.25) is 5.02 Å². The van der Waals surface area contributed by atoms with E-state index in [1.807, 2.05) is 24.3 Å². The lowest BCUT2D eigenvalue weighted by molar-refractivity contribution is -0.387. The van der Waals surface area contributed by atoms with Gasteiger partial charge in [0, 0.05) is 48.5 Å². The molecule has 0 radical (unpaired) electrons. The fourth-order valence-corrected chi connectivity index (χ4v) is 4.18. The molecule has 0 aliphatic carbocycles. The molecule has 0 N–H and O–H groups in total. The van der Waals surface area contributed by atoms with Crippen LogP contribution in [0.4, 0.5) is 11.4 Å². The lowest BCUT2D eigenvalue weighted by Crippen LogP contribution is -2.48. The number of piperazine rings is 1. The van der Waals surface area contributed by atoms with Gasteiger partial charge < -0.3 is 14.5 Å². The first-order chi connectivity index (χ1) is 14.9. The van der Waals surface area contributed by atoms with Crippen molar-refractivity contribution in [1.82, 2.24) is 4.90 Å². The second-order valence-electron chi connectivity index (χ2n) is 6.79. The van der Waals surface area contributed by atoms with Gasteiger partial charge in [0.25, 0.3) is 11.6 Å². The number of nitro benzene ring substituents is 1. The van der Waals surface area contributed by atoms with Crippen molar-refractivity contribution in [2.75, 3.05) is 43.4 Å². The summed E-state index contributed by atoms with van der Waals surface area (Å²) in [5.74, 6) is -0.726. The third kappa shape index (κ3) is 5.89. The maximum Gasteiger partial charge on any atom is 0.316 e. The number of amides is 1. The number of thioether (sulfide) groups is 1. The maximum absolute atomic E-state index is 12.9. The summed E-state index contributed by atoms with van der Waals surface area (Å²) in [5.41, 5.74) is 1.10. The summed E-state index contributed by atoms with van der Waals surface area (Å²) < 4.78 is 4.85. The van der Waals surface area contributed by atoms with Crippen LogP contribution in [-0.4, -0.2) is 60.2 Å². The average molecular weight is 464 g/mol. The van der Waals surface area contributed by atoms with Gasteiger partial charge in [-0.1, -0.05) is 11.6 Å². The average Bonchev–Trinajstić information content (AvgIpc) is 2.78. The smallest absolute Gasteiger partial charge is 0.316 e. The maximum atomic E-state index is 12.9.